The second-order valence-electron chi connectivity index (χ2n) is 8.23. The molecule has 0 N–H and O–H groups in total. The Kier molecular flexibility index (Phi) is 4.92. The zero-order chi connectivity index (χ0) is 23.4. The second-order valence-corrected chi connectivity index (χ2v) is 8.23. The summed E-state index contributed by atoms with van der Waals surface area (Å²) in [5.41, 5.74) is 4.85. The van der Waals surface area contributed by atoms with Crippen LogP contribution in [0, 0.1) is 24.4 Å². The first-order valence-electron chi connectivity index (χ1n) is 10.5. The number of rotatable bonds is 2. The van der Waals surface area contributed by atoms with Gasteiger partial charge in [0.2, 0.25) is 0 Å². The van der Waals surface area contributed by atoms with Gasteiger partial charge < -0.3 is 4.90 Å². The van der Waals surface area contributed by atoms with Gasteiger partial charge in [-0.05, 0) is 50.1 Å². The highest BCUT2D eigenvalue weighted by Gasteiger charge is 2.34. The lowest BCUT2D eigenvalue weighted by atomic mass is 9.94. The van der Waals surface area contributed by atoms with E-state index in [1.54, 1.807) is 30.4 Å². The first kappa shape index (κ1) is 21.1. The lowest BCUT2D eigenvalue weighted by molar-refractivity contribution is 0.0673. The van der Waals surface area contributed by atoms with Crippen molar-refractivity contribution in [1.29, 1.82) is 0 Å². The van der Waals surface area contributed by atoms with E-state index >= 15 is 0 Å². The number of nitrogens with zero attached hydrogens (tertiary/aromatic N) is 5. The highest BCUT2D eigenvalue weighted by Crippen LogP contribution is 2.37. The largest absolute Gasteiger partial charge is 0.330 e. The first-order valence-corrected chi connectivity index (χ1v) is 10.5. The van der Waals surface area contributed by atoms with Crippen molar-refractivity contribution in [2.24, 2.45) is 7.05 Å². The van der Waals surface area contributed by atoms with Crippen LogP contribution in [0.5, 0.6) is 0 Å². The maximum absolute atomic E-state index is 13.9. The highest BCUT2D eigenvalue weighted by molar-refractivity contribution is 5.99. The van der Waals surface area contributed by atoms with Crippen LogP contribution in [0.1, 0.15) is 40.1 Å². The molecule has 0 fully saturated rings. The van der Waals surface area contributed by atoms with E-state index in [2.05, 4.69) is 15.1 Å². The second kappa shape index (κ2) is 7.68. The standard InChI is InChI=1S/C24H20F3N5O/c1-12-8-19-20(29-6-5-28-19)11-16(12)24(33)32-7-4-15-22(13(32)2)30-31(3)23(15)14-9-17(25)21(27)18(26)10-14/h5-6,8-11,13H,4,7H2,1-3H3/t13-/m0/s1. The lowest BCUT2D eigenvalue weighted by Crippen LogP contribution is -2.39. The summed E-state index contributed by atoms with van der Waals surface area (Å²) in [7, 11) is 1.66. The first-order chi connectivity index (χ1) is 15.8. The normalized spacial score (nSPS) is 15.7. The molecule has 0 radical (unpaired) electrons. The fourth-order valence-electron chi connectivity index (χ4n) is 4.58. The Morgan fingerprint density at radius 3 is 2.33 bits per heavy atom. The summed E-state index contributed by atoms with van der Waals surface area (Å²) in [5.74, 6) is -4.16. The van der Waals surface area contributed by atoms with Crippen LogP contribution in [0.3, 0.4) is 0 Å². The number of amides is 1. The van der Waals surface area contributed by atoms with Crippen molar-refractivity contribution < 1.29 is 18.0 Å². The molecule has 6 nitrogen and oxygen atoms in total. The van der Waals surface area contributed by atoms with Crippen molar-refractivity contribution >= 4 is 16.9 Å². The fourth-order valence-corrected chi connectivity index (χ4v) is 4.58. The number of carbonyl (C=O) groups is 1. The molecule has 1 aliphatic rings. The minimum absolute atomic E-state index is 0.149. The Morgan fingerprint density at radius 1 is 1.03 bits per heavy atom. The summed E-state index contributed by atoms with van der Waals surface area (Å²) in [6.45, 7) is 4.13. The van der Waals surface area contributed by atoms with Crippen molar-refractivity contribution in [3.8, 4) is 11.3 Å². The molecule has 1 atom stereocenters. The smallest absolute Gasteiger partial charge is 0.254 e. The molecule has 0 saturated carbocycles. The summed E-state index contributed by atoms with van der Waals surface area (Å²) in [5, 5.41) is 4.55. The number of fused-ring (bicyclic) bond motifs is 2. The maximum Gasteiger partial charge on any atom is 0.254 e. The van der Waals surface area contributed by atoms with Crippen LogP contribution in [0.15, 0.2) is 36.7 Å². The molecule has 0 aliphatic carbocycles. The van der Waals surface area contributed by atoms with Gasteiger partial charge in [0.25, 0.3) is 5.91 Å². The van der Waals surface area contributed by atoms with Gasteiger partial charge in [-0.3, -0.25) is 19.4 Å². The van der Waals surface area contributed by atoms with Gasteiger partial charge in [-0.1, -0.05) is 0 Å². The number of halogens is 3. The van der Waals surface area contributed by atoms with Gasteiger partial charge in [0, 0.05) is 42.7 Å². The SMILES string of the molecule is Cc1cc2nccnc2cc1C(=O)N1CCc2c(nn(C)c2-c2cc(F)c(F)c(F)c2)[C@@H]1C. The lowest BCUT2D eigenvalue weighted by Gasteiger charge is -2.33. The van der Waals surface area contributed by atoms with E-state index in [4.69, 9.17) is 0 Å². The molecular formula is C24H20F3N5O. The van der Waals surface area contributed by atoms with Crippen molar-refractivity contribution in [3.63, 3.8) is 0 Å². The van der Waals surface area contributed by atoms with Crippen LogP contribution in [-0.4, -0.2) is 37.1 Å². The molecule has 0 bridgehead atoms. The average molecular weight is 451 g/mol. The molecule has 1 aliphatic heterocycles. The molecule has 0 unspecified atom stereocenters. The summed E-state index contributed by atoms with van der Waals surface area (Å²) in [4.78, 5) is 23.8. The molecule has 168 valence electrons. The monoisotopic (exact) mass is 451 g/mol. The van der Waals surface area contributed by atoms with Crippen LogP contribution in [0.4, 0.5) is 13.2 Å². The summed E-state index contributed by atoms with van der Waals surface area (Å²) in [6, 6.07) is 5.16. The molecular weight excluding hydrogens is 431 g/mol. The molecule has 0 spiro atoms. The van der Waals surface area contributed by atoms with E-state index in [-0.39, 0.29) is 17.5 Å². The number of hydrogen-bond donors (Lipinski definition) is 0. The minimum Gasteiger partial charge on any atom is -0.330 e. The quantitative estimate of drug-likeness (QED) is 0.421. The van der Waals surface area contributed by atoms with Crippen LogP contribution in [-0.2, 0) is 13.5 Å². The summed E-state index contributed by atoms with van der Waals surface area (Å²) in [6.07, 6.45) is 3.63. The number of hydrogen-bond acceptors (Lipinski definition) is 4. The third-order valence-electron chi connectivity index (χ3n) is 6.21. The predicted molar refractivity (Wildman–Crippen MR) is 116 cm³/mol. The van der Waals surface area contributed by atoms with E-state index in [0.29, 0.717) is 41.0 Å². The van der Waals surface area contributed by atoms with Crippen LogP contribution in [0.2, 0.25) is 0 Å². The topological polar surface area (TPSA) is 63.9 Å². The zero-order valence-electron chi connectivity index (χ0n) is 18.2. The minimum atomic E-state index is -1.50. The van der Waals surface area contributed by atoms with Gasteiger partial charge in [0.15, 0.2) is 17.5 Å². The van der Waals surface area contributed by atoms with Crippen LogP contribution >= 0.6 is 0 Å². The highest BCUT2D eigenvalue weighted by atomic mass is 19.2. The fraction of sp³-hybridized carbons (Fsp3) is 0.250. The van der Waals surface area contributed by atoms with Crippen LogP contribution in [0.25, 0.3) is 22.3 Å². The van der Waals surface area contributed by atoms with Crippen molar-refractivity contribution in [1.82, 2.24) is 24.6 Å². The Labute approximate surface area is 187 Å². The number of aromatic nitrogens is 4. The van der Waals surface area contributed by atoms with E-state index in [1.165, 1.54) is 4.68 Å². The predicted octanol–water partition coefficient (Wildman–Crippen LogP) is 4.52. The third kappa shape index (κ3) is 3.35. The third-order valence-corrected chi connectivity index (χ3v) is 6.21. The molecule has 2 aromatic carbocycles. The molecule has 2 aromatic heterocycles. The molecule has 3 heterocycles. The maximum atomic E-state index is 13.9. The van der Waals surface area contributed by atoms with E-state index < -0.39 is 17.5 Å². The number of aryl methyl sites for hydroxylation is 2. The molecule has 1 amide bonds. The molecule has 4 aromatic rings. The Bertz CT molecular complexity index is 1410. The Hall–Kier alpha value is -3.75. The van der Waals surface area contributed by atoms with Crippen molar-refractivity contribution in [3.05, 3.63) is 76.5 Å². The van der Waals surface area contributed by atoms with Crippen LogP contribution < -0.4 is 0 Å². The van der Waals surface area contributed by atoms with E-state index in [9.17, 15) is 18.0 Å². The van der Waals surface area contributed by atoms with Gasteiger partial charge >= 0.3 is 0 Å². The molecule has 33 heavy (non-hydrogen) atoms. The van der Waals surface area contributed by atoms with Gasteiger partial charge in [0.1, 0.15) is 0 Å². The van der Waals surface area contributed by atoms with Gasteiger partial charge in [-0.15, -0.1) is 0 Å². The van der Waals surface area contributed by atoms with E-state index in [0.717, 1.165) is 23.3 Å². The number of carbonyl (C=O) groups excluding carboxylic acids is 1. The Morgan fingerprint density at radius 2 is 1.67 bits per heavy atom. The zero-order valence-corrected chi connectivity index (χ0v) is 18.2. The van der Waals surface area contributed by atoms with E-state index in [1.807, 2.05) is 19.9 Å². The summed E-state index contributed by atoms with van der Waals surface area (Å²) >= 11 is 0. The Balaban J connectivity index is 1.53. The average Bonchev–Trinajstić information content (AvgIpc) is 3.13. The molecule has 9 heteroatoms. The van der Waals surface area contributed by atoms with Gasteiger partial charge in [0.05, 0.1) is 28.5 Å². The number of benzene rings is 2. The molecule has 5 rings (SSSR count). The van der Waals surface area contributed by atoms with Crippen molar-refractivity contribution in [2.75, 3.05) is 6.54 Å². The van der Waals surface area contributed by atoms with Crippen molar-refractivity contribution in [2.45, 2.75) is 26.3 Å². The molecule has 0 saturated heterocycles. The van der Waals surface area contributed by atoms with Gasteiger partial charge in [-0.25, -0.2) is 13.2 Å². The van der Waals surface area contributed by atoms with Gasteiger partial charge in [-0.2, -0.15) is 5.10 Å². The summed E-state index contributed by atoms with van der Waals surface area (Å²) < 4.78 is 42.7.